The van der Waals surface area contributed by atoms with Crippen molar-refractivity contribution in [1.82, 2.24) is 0 Å². The van der Waals surface area contributed by atoms with E-state index in [2.05, 4.69) is 55.5 Å². The predicted octanol–water partition coefficient (Wildman–Crippen LogP) is 5.10. The van der Waals surface area contributed by atoms with E-state index in [0.29, 0.717) is 13.2 Å². The Morgan fingerprint density at radius 2 is 1.39 bits per heavy atom. The van der Waals surface area contributed by atoms with Crippen molar-refractivity contribution in [3.8, 4) is 11.5 Å². The lowest BCUT2D eigenvalue weighted by Crippen LogP contribution is -2.10. The number of allylic oxidation sites excluding steroid dienone is 1. The fourth-order valence-corrected chi connectivity index (χ4v) is 3.30. The van der Waals surface area contributed by atoms with Crippen LogP contribution in [0.1, 0.15) is 23.6 Å². The molecule has 0 saturated heterocycles. The third kappa shape index (κ3) is 5.02. The Bertz CT molecular complexity index is 898. The van der Waals surface area contributed by atoms with Crippen LogP contribution in [0.25, 0.3) is 5.57 Å². The van der Waals surface area contributed by atoms with Crippen molar-refractivity contribution in [3.63, 3.8) is 0 Å². The number of methoxy groups -OCH3 is 1. The fourth-order valence-electron chi connectivity index (χ4n) is 3.30. The molecule has 0 saturated carbocycles. The van der Waals surface area contributed by atoms with Crippen molar-refractivity contribution in [2.75, 3.05) is 20.3 Å². The van der Waals surface area contributed by atoms with Gasteiger partial charge in [-0.2, -0.15) is 0 Å². The molecular weight excluding hydrogens is 346 g/mol. The van der Waals surface area contributed by atoms with Gasteiger partial charge in [-0.15, -0.1) is 0 Å². The van der Waals surface area contributed by atoms with Gasteiger partial charge in [-0.1, -0.05) is 60.2 Å². The SMILES string of the molecule is COc1ccc(C/C(C)=C(\c2ccccc2)c2ccc(OCCN)cc2)cc1. The molecule has 144 valence electrons. The van der Waals surface area contributed by atoms with E-state index < -0.39 is 0 Å². The monoisotopic (exact) mass is 373 g/mol. The van der Waals surface area contributed by atoms with Crippen molar-refractivity contribution in [2.45, 2.75) is 13.3 Å². The van der Waals surface area contributed by atoms with Crippen LogP contribution in [0.4, 0.5) is 0 Å². The topological polar surface area (TPSA) is 44.5 Å². The summed E-state index contributed by atoms with van der Waals surface area (Å²) in [6.45, 7) is 3.24. The van der Waals surface area contributed by atoms with Gasteiger partial charge in [0.05, 0.1) is 7.11 Å². The van der Waals surface area contributed by atoms with E-state index in [9.17, 15) is 0 Å². The summed E-state index contributed by atoms with van der Waals surface area (Å²) >= 11 is 0. The zero-order valence-electron chi connectivity index (χ0n) is 16.5. The summed E-state index contributed by atoms with van der Waals surface area (Å²) in [6.07, 6.45) is 0.875. The first-order chi connectivity index (χ1) is 13.7. The molecule has 0 bridgehead atoms. The summed E-state index contributed by atoms with van der Waals surface area (Å²) in [5, 5.41) is 0. The third-order valence-electron chi connectivity index (χ3n) is 4.65. The van der Waals surface area contributed by atoms with Gasteiger partial charge >= 0.3 is 0 Å². The van der Waals surface area contributed by atoms with Gasteiger partial charge in [0.25, 0.3) is 0 Å². The Labute approximate surface area is 167 Å². The van der Waals surface area contributed by atoms with Crippen LogP contribution in [-0.2, 0) is 6.42 Å². The molecule has 3 nitrogen and oxygen atoms in total. The fraction of sp³-hybridized carbons (Fsp3) is 0.200. The molecule has 0 radical (unpaired) electrons. The van der Waals surface area contributed by atoms with Crippen LogP contribution in [0.3, 0.4) is 0 Å². The third-order valence-corrected chi connectivity index (χ3v) is 4.65. The van der Waals surface area contributed by atoms with Crippen LogP contribution in [-0.4, -0.2) is 20.3 Å². The zero-order chi connectivity index (χ0) is 19.8. The summed E-state index contributed by atoms with van der Waals surface area (Å²) in [4.78, 5) is 0. The molecule has 3 heteroatoms. The van der Waals surface area contributed by atoms with Crippen molar-refractivity contribution in [3.05, 3.63) is 101 Å². The first kappa shape index (κ1) is 19.7. The van der Waals surface area contributed by atoms with E-state index in [0.717, 1.165) is 17.9 Å². The van der Waals surface area contributed by atoms with Crippen LogP contribution >= 0.6 is 0 Å². The number of nitrogens with two attached hydrogens (primary N) is 1. The molecule has 0 aliphatic carbocycles. The van der Waals surface area contributed by atoms with Crippen LogP contribution < -0.4 is 15.2 Å². The second-order valence-electron chi connectivity index (χ2n) is 6.71. The maximum atomic E-state index is 5.62. The lowest BCUT2D eigenvalue weighted by Gasteiger charge is -2.15. The molecule has 0 aliphatic heterocycles. The zero-order valence-corrected chi connectivity index (χ0v) is 16.5. The largest absolute Gasteiger partial charge is 0.497 e. The Morgan fingerprint density at radius 3 is 2.00 bits per heavy atom. The van der Waals surface area contributed by atoms with Gasteiger partial charge in [-0.05, 0) is 59.9 Å². The Kier molecular flexibility index (Phi) is 6.88. The summed E-state index contributed by atoms with van der Waals surface area (Å²) < 4.78 is 10.9. The second kappa shape index (κ2) is 9.77. The average molecular weight is 373 g/mol. The molecule has 0 aliphatic rings. The minimum Gasteiger partial charge on any atom is -0.497 e. The van der Waals surface area contributed by atoms with Crippen molar-refractivity contribution in [2.24, 2.45) is 5.73 Å². The average Bonchev–Trinajstić information content (AvgIpc) is 2.74. The normalized spacial score (nSPS) is 11.7. The van der Waals surface area contributed by atoms with Gasteiger partial charge in [0, 0.05) is 6.54 Å². The number of rotatable bonds is 8. The molecule has 28 heavy (non-hydrogen) atoms. The molecule has 2 N–H and O–H groups in total. The molecule has 0 fully saturated rings. The summed E-state index contributed by atoms with van der Waals surface area (Å²) in [6, 6.07) is 27.0. The molecular formula is C25H27NO2. The molecule has 3 rings (SSSR count). The predicted molar refractivity (Wildman–Crippen MR) is 116 cm³/mol. The van der Waals surface area contributed by atoms with E-state index in [1.807, 2.05) is 30.3 Å². The van der Waals surface area contributed by atoms with Crippen LogP contribution in [0.15, 0.2) is 84.4 Å². The summed E-state index contributed by atoms with van der Waals surface area (Å²) in [7, 11) is 1.69. The molecule has 0 aromatic heterocycles. The molecule has 0 amide bonds. The van der Waals surface area contributed by atoms with E-state index >= 15 is 0 Å². The number of benzene rings is 3. The van der Waals surface area contributed by atoms with Crippen LogP contribution in [0, 0.1) is 0 Å². The lowest BCUT2D eigenvalue weighted by molar-refractivity contribution is 0.328. The van der Waals surface area contributed by atoms with E-state index in [1.165, 1.54) is 27.8 Å². The second-order valence-corrected chi connectivity index (χ2v) is 6.71. The van der Waals surface area contributed by atoms with Gasteiger partial charge in [0.2, 0.25) is 0 Å². The van der Waals surface area contributed by atoms with E-state index in [-0.39, 0.29) is 0 Å². The Hall–Kier alpha value is -3.04. The number of ether oxygens (including phenoxy) is 2. The van der Waals surface area contributed by atoms with E-state index in [4.69, 9.17) is 15.2 Å². The molecule has 3 aromatic rings. The first-order valence-electron chi connectivity index (χ1n) is 9.52. The minimum atomic E-state index is 0.512. The highest BCUT2D eigenvalue weighted by atomic mass is 16.5. The highest BCUT2D eigenvalue weighted by molar-refractivity contribution is 5.82. The molecule has 0 heterocycles. The smallest absolute Gasteiger partial charge is 0.119 e. The van der Waals surface area contributed by atoms with Crippen LogP contribution in [0.2, 0.25) is 0 Å². The number of hydrogen-bond acceptors (Lipinski definition) is 3. The quantitative estimate of drug-likeness (QED) is 0.598. The number of hydrogen-bond donors (Lipinski definition) is 1. The highest BCUT2D eigenvalue weighted by Gasteiger charge is 2.10. The maximum absolute atomic E-state index is 5.62. The summed E-state index contributed by atoms with van der Waals surface area (Å²) in [5.41, 5.74) is 11.7. The maximum Gasteiger partial charge on any atom is 0.119 e. The van der Waals surface area contributed by atoms with Crippen molar-refractivity contribution >= 4 is 5.57 Å². The lowest BCUT2D eigenvalue weighted by atomic mass is 9.90. The molecule has 3 aromatic carbocycles. The first-order valence-corrected chi connectivity index (χ1v) is 9.52. The van der Waals surface area contributed by atoms with Gasteiger partial charge in [0.1, 0.15) is 18.1 Å². The van der Waals surface area contributed by atoms with Crippen molar-refractivity contribution < 1.29 is 9.47 Å². The Balaban J connectivity index is 1.95. The standard InChI is InChI=1S/C25H27NO2/c1-19(18-20-8-12-23(27-2)13-9-20)25(21-6-4-3-5-7-21)22-10-14-24(15-11-22)28-17-16-26/h3-15H,16-18,26H2,1-2H3/b25-19+. The van der Waals surface area contributed by atoms with Gasteiger partial charge < -0.3 is 15.2 Å². The minimum absolute atomic E-state index is 0.512. The molecule has 0 spiro atoms. The van der Waals surface area contributed by atoms with Gasteiger partial charge in [-0.3, -0.25) is 0 Å². The van der Waals surface area contributed by atoms with E-state index in [1.54, 1.807) is 7.11 Å². The van der Waals surface area contributed by atoms with Crippen LogP contribution in [0.5, 0.6) is 11.5 Å². The summed E-state index contributed by atoms with van der Waals surface area (Å²) in [5.74, 6) is 1.72. The van der Waals surface area contributed by atoms with Gasteiger partial charge in [-0.25, -0.2) is 0 Å². The Morgan fingerprint density at radius 1 is 0.786 bits per heavy atom. The molecule has 0 unspecified atom stereocenters. The van der Waals surface area contributed by atoms with Gasteiger partial charge in [0.15, 0.2) is 0 Å². The molecule has 0 atom stereocenters. The highest BCUT2D eigenvalue weighted by Crippen LogP contribution is 2.30. The van der Waals surface area contributed by atoms with Crippen molar-refractivity contribution in [1.29, 1.82) is 0 Å².